The summed E-state index contributed by atoms with van der Waals surface area (Å²) in [5.41, 5.74) is 4.21. The van der Waals surface area contributed by atoms with Gasteiger partial charge < -0.3 is 0 Å². The van der Waals surface area contributed by atoms with Gasteiger partial charge >= 0.3 is 0 Å². The summed E-state index contributed by atoms with van der Waals surface area (Å²) in [5, 5.41) is 6.93. The number of hydrogen-bond acceptors (Lipinski definition) is 6. The highest BCUT2D eigenvalue weighted by molar-refractivity contribution is 7.90. The molecule has 0 unspecified atom stereocenters. The first kappa shape index (κ1) is 17.7. The van der Waals surface area contributed by atoms with Gasteiger partial charge in [-0.2, -0.15) is 5.10 Å². The van der Waals surface area contributed by atoms with Crippen LogP contribution in [0.2, 0.25) is 0 Å². The standard InChI is InChI=1S/C18H18FN5O2S/c1-27(25,26)18-20-8-13-10-24(6-5-16(13)22-18)11-14-9-21-23-17(14)12-3-2-4-15(19)7-12/h2-4,7-9H,5-6,10-11H2,1H3,(H,21,23). The number of H-pyrrole nitrogens is 1. The molecule has 27 heavy (non-hydrogen) atoms. The lowest BCUT2D eigenvalue weighted by molar-refractivity contribution is 0.242. The van der Waals surface area contributed by atoms with E-state index < -0.39 is 9.84 Å². The number of nitrogens with one attached hydrogen (secondary N) is 1. The van der Waals surface area contributed by atoms with Crippen molar-refractivity contribution >= 4 is 9.84 Å². The van der Waals surface area contributed by atoms with Crippen LogP contribution >= 0.6 is 0 Å². The molecule has 0 fully saturated rings. The lowest BCUT2D eigenvalue weighted by Gasteiger charge is -2.27. The zero-order valence-corrected chi connectivity index (χ0v) is 15.5. The average molecular weight is 387 g/mol. The molecule has 1 aliphatic rings. The molecule has 0 spiro atoms. The number of hydrogen-bond donors (Lipinski definition) is 1. The first-order valence-corrected chi connectivity index (χ1v) is 10.3. The Labute approximate surface area is 156 Å². The number of benzene rings is 1. The van der Waals surface area contributed by atoms with Crippen molar-refractivity contribution in [3.05, 3.63) is 59.3 Å². The van der Waals surface area contributed by atoms with Gasteiger partial charge in [0.05, 0.1) is 17.6 Å². The molecule has 9 heteroatoms. The average Bonchev–Trinajstić information content (AvgIpc) is 3.08. The van der Waals surface area contributed by atoms with E-state index in [0.717, 1.165) is 40.9 Å². The van der Waals surface area contributed by atoms with E-state index in [1.165, 1.54) is 12.1 Å². The van der Waals surface area contributed by atoms with Crippen molar-refractivity contribution in [3.63, 3.8) is 0 Å². The predicted molar refractivity (Wildman–Crippen MR) is 96.9 cm³/mol. The summed E-state index contributed by atoms with van der Waals surface area (Å²) >= 11 is 0. The molecule has 1 N–H and O–H groups in total. The number of aromatic nitrogens is 4. The fourth-order valence-corrected chi connectivity index (χ4v) is 3.76. The smallest absolute Gasteiger partial charge is 0.246 e. The van der Waals surface area contributed by atoms with Crippen LogP contribution < -0.4 is 0 Å². The molecule has 1 aromatic carbocycles. The van der Waals surface area contributed by atoms with Crippen molar-refractivity contribution in [2.75, 3.05) is 12.8 Å². The van der Waals surface area contributed by atoms with E-state index in [4.69, 9.17) is 0 Å². The van der Waals surface area contributed by atoms with Gasteiger partial charge in [-0.25, -0.2) is 22.8 Å². The van der Waals surface area contributed by atoms with E-state index in [9.17, 15) is 12.8 Å². The maximum atomic E-state index is 13.5. The molecule has 3 heterocycles. The summed E-state index contributed by atoms with van der Waals surface area (Å²) in [5.74, 6) is -0.293. The largest absolute Gasteiger partial charge is 0.294 e. The molecular formula is C18H18FN5O2S. The maximum Gasteiger partial charge on any atom is 0.246 e. The van der Waals surface area contributed by atoms with E-state index in [-0.39, 0.29) is 11.0 Å². The van der Waals surface area contributed by atoms with Gasteiger partial charge in [-0.05, 0) is 12.1 Å². The van der Waals surface area contributed by atoms with E-state index in [1.54, 1.807) is 18.5 Å². The topological polar surface area (TPSA) is 91.8 Å². The highest BCUT2D eigenvalue weighted by Crippen LogP contribution is 2.25. The molecule has 0 saturated carbocycles. The van der Waals surface area contributed by atoms with Crippen molar-refractivity contribution in [2.24, 2.45) is 0 Å². The summed E-state index contributed by atoms with van der Waals surface area (Å²) < 4.78 is 36.8. The molecule has 0 radical (unpaired) electrons. The highest BCUT2D eigenvalue weighted by Gasteiger charge is 2.22. The number of aromatic amines is 1. The second-order valence-electron chi connectivity index (χ2n) is 6.64. The van der Waals surface area contributed by atoms with E-state index in [0.29, 0.717) is 19.5 Å². The van der Waals surface area contributed by atoms with Gasteiger partial charge in [-0.15, -0.1) is 0 Å². The minimum Gasteiger partial charge on any atom is -0.294 e. The van der Waals surface area contributed by atoms with Gasteiger partial charge in [0.15, 0.2) is 0 Å². The lowest BCUT2D eigenvalue weighted by atomic mass is 10.0. The summed E-state index contributed by atoms with van der Waals surface area (Å²) in [6.45, 7) is 1.99. The van der Waals surface area contributed by atoms with E-state index in [2.05, 4.69) is 25.1 Å². The summed E-state index contributed by atoms with van der Waals surface area (Å²) in [7, 11) is -3.41. The van der Waals surface area contributed by atoms with Crippen molar-refractivity contribution in [2.45, 2.75) is 24.7 Å². The van der Waals surface area contributed by atoms with Gasteiger partial charge in [-0.1, -0.05) is 12.1 Å². The number of nitrogens with zero attached hydrogens (tertiary/aromatic N) is 4. The molecule has 7 nitrogen and oxygen atoms in total. The molecule has 0 saturated heterocycles. The number of rotatable bonds is 4. The molecule has 0 bridgehead atoms. The molecular weight excluding hydrogens is 369 g/mol. The Kier molecular flexibility index (Phi) is 4.48. The van der Waals surface area contributed by atoms with Crippen molar-refractivity contribution in [1.29, 1.82) is 0 Å². The van der Waals surface area contributed by atoms with Crippen LogP contribution in [0.15, 0.2) is 41.8 Å². The Bertz CT molecular complexity index is 1100. The Balaban J connectivity index is 1.54. The summed E-state index contributed by atoms with van der Waals surface area (Å²) in [6.07, 6.45) is 5.09. The van der Waals surface area contributed by atoms with Crippen LogP contribution in [-0.4, -0.2) is 46.3 Å². The first-order valence-electron chi connectivity index (χ1n) is 8.45. The van der Waals surface area contributed by atoms with Crippen LogP contribution in [0.4, 0.5) is 4.39 Å². The van der Waals surface area contributed by atoms with Gasteiger partial charge in [0, 0.05) is 55.2 Å². The Morgan fingerprint density at radius 1 is 1.30 bits per heavy atom. The second-order valence-corrected chi connectivity index (χ2v) is 8.55. The van der Waals surface area contributed by atoms with E-state index >= 15 is 0 Å². The third-order valence-corrected chi connectivity index (χ3v) is 5.41. The fraction of sp³-hybridized carbons (Fsp3) is 0.278. The normalized spacial score (nSPS) is 14.9. The Morgan fingerprint density at radius 2 is 2.15 bits per heavy atom. The number of sulfone groups is 1. The van der Waals surface area contributed by atoms with Gasteiger partial charge in [-0.3, -0.25) is 10.00 Å². The van der Waals surface area contributed by atoms with Crippen LogP contribution in [0.1, 0.15) is 16.8 Å². The molecule has 0 amide bonds. The highest BCUT2D eigenvalue weighted by atomic mass is 32.2. The van der Waals surface area contributed by atoms with Crippen LogP contribution in [0.25, 0.3) is 11.3 Å². The van der Waals surface area contributed by atoms with Crippen LogP contribution in [0.3, 0.4) is 0 Å². The van der Waals surface area contributed by atoms with Crippen LogP contribution in [0, 0.1) is 5.82 Å². The third-order valence-electron chi connectivity index (χ3n) is 4.55. The van der Waals surface area contributed by atoms with Crippen molar-refractivity contribution in [1.82, 2.24) is 25.1 Å². The van der Waals surface area contributed by atoms with Crippen molar-refractivity contribution in [3.8, 4) is 11.3 Å². The molecule has 2 aromatic heterocycles. The van der Waals surface area contributed by atoms with E-state index in [1.807, 2.05) is 6.07 Å². The first-order chi connectivity index (χ1) is 12.9. The molecule has 4 rings (SSSR count). The third kappa shape index (κ3) is 3.74. The van der Waals surface area contributed by atoms with Gasteiger partial charge in [0.1, 0.15) is 5.82 Å². The minimum absolute atomic E-state index is 0.127. The van der Waals surface area contributed by atoms with Gasteiger partial charge in [0.2, 0.25) is 15.0 Å². The number of fused-ring (bicyclic) bond motifs is 1. The monoisotopic (exact) mass is 387 g/mol. The minimum atomic E-state index is -3.41. The fourth-order valence-electron chi connectivity index (χ4n) is 3.24. The molecule has 140 valence electrons. The predicted octanol–water partition coefficient (Wildman–Crippen LogP) is 1.97. The van der Waals surface area contributed by atoms with Gasteiger partial charge in [0.25, 0.3) is 0 Å². The zero-order chi connectivity index (χ0) is 19.0. The molecule has 0 aliphatic carbocycles. The SMILES string of the molecule is CS(=O)(=O)c1ncc2c(n1)CCN(Cc1cn[nH]c1-c1cccc(F)c1)C2. The molecule has 1 aliphatic heterocycles. The summed E-state index contributed by atoms with van der Waals surface area (Å²) in [6, 6.07) is 6.39. The quantitative estimate of drug-likeness (QED) is 0.688. The molecule has 0 atom stereocenters. The zero-order valence-electron chi connectivity index (χ0n) is 14.7. The van der Waals surface area contributed by atoms with Crippen LogP contribution in [-0.2, 0) is 29.3 Å². The second kappa shape index (κ2) is 6.82. The van der Waals surface area contributed by atoms with Crippen molar-refractivity contribution < 1.29 is 12.8 Å². The lowest BCUT2D eigenvalue weighted by Crippen LogP contribution is -2.31. The maximum absolute atomic E-state index is 13.5. The van der Waals surface area contributed by atoms with Crippen LogP contribution in [0.5, 0.6) is 0 Å². The summed E-state index contributed by atoms with van der Waals surface area (Å²) in [4.78, 5) is 10.4. The number of halogens is 1. The Hall–Kier alpha value is -2.65. The Morgan fingerprint density at radius 3 is 2.93 bits per heavy atom. The molecule has 3 aromatic rings.